The number of hydrogen-bond donors (Lipinski definition) is 2. The highest BCUT2D eigenvalue weighted by atomic mass is 35.5. The van der Waals surface area contributed by atoms with Crippen molar-refractivity contribution in [1.29, 1.82) is 0 Å². The van der Waals surface area contributed by atoms with E-state index >= 15 is 0 Å². The van der Waals surface area contributed by atoms with Crippen LogP contribution in [0, 0.1) is 0 Å². The highest BCUT2D eigenvalue weighted by Crippen LogP contribution is 2.31. The standard InChI is InChI=1S/C12H12ClNO3/c1-12(17)6-9(11(15)16)14-10(12)7-4-2-3-5-8(7)13/h2-5,9,17H,6H2,1H3,(H,15,16)/t9-,12-/m0/s1. The van der Waals surface area contributed by atoms with Gasteiger partial charge in [-0.2, -0.15) is 0 Å². The molecule has 0 amide bonds. The minimum absolute atomic E-state index is 0.0723. The summed E-state index contributed by atoms with van der Waals surface area (Å²) in [6.07, 6.45) is 0.0723. The number of hydrogen-bond acceptors (Lipinski definition) is 3. The minimum atomic E-state index is -1.26. The van der Waals surface area contributed by atoms with E-state index in [0.717, 1.165) is 0 Å². The number of carboxylic acid groups (broad SMARTS) is 1. The minimum Gasteiger partial charge on any atom is -0.480 e. The zero-order chi connectivity index (χ0) is 12.6. The summed E-state index contributed by atoms with van der Waals surface area (Å²) in [5.74, 6) is -1.03. The summed E-state index contributed by atoms with van der Waals surface area (Å²) in [6.45, 7) is 1.55. The van der Waals surface area contributed by atoms with Crippen molar-refractivity contribution in [3.63, 3.8) is 0 Å². The van der Waals surface area contributed by atoms with Gasteiger partial charge in [-0.25, -0.2) is 4.79 Å². The molecular formula is C12H12ClNO3. The molecule has 2 atom stereocenters. The molecule has 0 radical (unpaired) electrons. The van der Waals surface area contributed by atoms with Gasteiger partial charge in [0.15, 0.2) is 6.04 Å². The third-order valence-corrected chi connectivity index (χ3v) is 3.13. The normalized spacial score (nSPS) is 27.9. The molecule has 1 heterocycles. The summed E-state index contributed by atoms with van der Waals surface area (Å²) in [5, 5.41) is 19.6. The highest BCUT2D eigenvalue weighted by molar-refractivity contribution is 6.34. The van der Waals surface area contributed by atoms with E-state index in [2.05, 4.69) is 4.99 Å². The maximum atomic E-state index is 10.9. The van der Waals surface area contributed by atoms with Crippen LogP contribution in [0.1, 0.15) is 18.9 Å². The van der Waals surface area contributed by atoms with Crippen LogP contribution in [0.5, 0.6) is 0 Å². The first-order valence-corrected chi connectivity index (χ1v) is 5.58. The number of aliphatic hydroxyl groups is 1. The Morgan fingerprint density at radius 2 is 2.18 bits per heavy atom. The second-order valence-corrected chi connectivity index (χ2v) is 4.70. The molecule has 90 valence electrons. The quantitative estimate of drug-likeness (QED) is 0.843. The lowest BCUT2D eigenvalue weighted by Crippen LogP contribution is -2.33. The maximum absolute atomic E-state index is 10.9. The van der Waals surface area contributed by atoms with Crippen LogP contribution < -0.4 is 0 Å². The second kappa shape index (κ2) is 4.13. The van der Waals surface area contributed by atoms with E-state index in [9.17, 15) is 9.90 Å². The first kappa shape index (κ1) is 12.1. The van der Waals surface area contributed by atoms with Crippen LogP contribution in [0.25, 0.3) is 0 Å². The number of benzene rings is 1. The molecule has 5 heteroatoms. The Labute approximate surface area is 104 Å². The predicted octanol–water partition coefficient (Wildman–Crippen LogP) is 1.74. The van der Waals surface area contributed by atoms with E-state index in [1.54, 1.807) is 31.2 Å². The molecule has 0 unspecified atom stereocenters. The summed E-state index contributed by atoms with van der Waals surface area (Å²) in [4.78, 5) is 15.0. The Bertz CT molecular complexity index is 496. The van der Waals surface area contributed by atoms with Gasteiger partial charge in [0, 0.05) is 17.0 Å². The number of rotatable bonds is 2. The van der Waals surface area contributed by atoms with Gasteiger partial charge < -0.3 is 10.2 Å². The third kappa shape index (κ3) is 2.18. The molecule has 0 saturated carbocycles. The van der Waals surface area contributed by atoms with Crippen LogP contribution in [0.15, 0.2) is 29.3 Å². The Morgan fingerprint density at radius 3 is 2.71 bits per heavy atom. The number of nitrogens with zero attached hydrogens (tertiary/aromatic N) is 1. The molecule has 0 bridgehead atoms. The van der Waals surface area contributed by atoms with E-state index in [0.29, 0.717) is 16.3 Å². The molecule has 4 nitrogen and oxygen atoms in total. The average molecular weight is 254 g/mol. The molecule has 17 heavy (non-hydrogen) atoms. The van der Waals surface area contributed by atoms with Gasteiger partial charge in [0.1, 0.15) is 5.60 Å². The van der Waals surface area contributed by atoms with Crippen LogP contribution >= 0.6 is 11.6 Å². The van der Waals surface area contributed by atoms with Gasteiger partial charge in [-0.15, -0.1) is 0 Å². The van der Waals surface area contributed by atoms with Gasteiger partial charge in [0.25, 0.3) is 0 Å². The molecule has 0 aromatic heterocycles. The zero-order valence-corrected chi connectivity index (χ0v) is 9.98. The number of carbonyl (C=O) groups is 1. The lowest BCUT2D eigenvalue weighted by Gasteiger charge is -2.19. The molecule has 0 aliphatic carbocycles. The molecule has 0 spiro atoms. The van der Waals surface area contributed by atoms with Crippen molar-refractivity contribution in [1.82, 2.24) is 0 Å². The van der Waals surface area contributed by atoms with Crippen LogP contribution in [0.2, 0.25) is 5.02 Å². The first-order valence-electron chi connectivity index (χ1n) is 5.20. The van der Waals surface area contributed by atoms with E-state index in [1.165, 1.54) is 0 Å². The average Bonchev–Trinajstić information content (AvgIpc) is 2.55. The van der Waals surface area contributed by atoms with Crippen LogP contribution in [-0.4, -0.2) is 33.5 Å². The van der Waals surface area contributed by atoms with E-state index in [1.807, 2.05) is 0 Å². The third-order valence-electron chi connectivity index (χ3n) is 2.80. The molecule has 1 aromatic rings. The smallest absolute Gasteiger partial charge is 0.328 e. The fourth-order valence-electron chi connectivity index (χ4n) is 1.97. The zero-order valence-electron chi connectivity index (χ0n) is 9.22. The molecule has 1 aromatic carbocycles. The molecule has 1 aliphatic heterocycles. The number of halogens is 1. The van der Waals surface area contributed by atoms with Crippen LogP contribution in [0.4, 0.5) is 0 Å². The van der Waals surface area contributed by atoms with Gasteiger partial charge in [0.05, 0.1) is 5.71 Å². The van der Waals surface area contributed by atoms with Gasteiger partial charge in [-0.1, -0.05) is 29.8 Å². The summed E-state index contributed by atoms with van der Waals surface area (Å²) in [5.41, 5.74) is -0.327. The molecule has 0 fully saturated rings. The van der Waals surface area contributed by atoms with Crippen molar-refractivity contribution >= 4 is 23.3 Å². The second-order valence-electron chi connectivity index (χ2n) is 4.29. The molecule has 0 saturated heterocycles. The predicted molar refractivity (Wildman–Crippen MR) is 64.7 cm³/mol. The monoisotopic (exact) mass is 253 g/mol. The van der Waals surface area contributed by atoms with E-state index in [-0.39, 0.29) is 6.42 Å². The maximum Gasteiger partial charge on any atom is 0.328 e. The fraction of sp³-hybridized carbons (Fsp3) is 0.333. The van der Waals surface area contributed by atoms with Crippen molar-refractivity contribution in [2.24, 2.45) is 4.99 Å². The number of carboxylic acids is 1. The summed E-state index contributed by atoms with van der Waals surface area (Å²) in [6, 6.07) is 6.04. The largest absolute Gasteiger partial charge is 0.480 e. The van der Waals surface area contributed by atoms with Crippen molar-refractivity contribution in [3.05, 3.63) is 34.9 Å². The van der Waals surface area contributed by atoms with Gasteiger partial charge >= 0.3 is 5.97 Å². The van der Waals surface area contributed by atoms with Gasteiger partial charge in [-0.3, -0.25) is 4.99 Å². The Kier molecular flexibility index (Phi) is 2.93. The van der Waals surface area contributed by atoms with Crippen LogP contribution in [0.3, 0.4) is 0 Å². The summed E-state index contributed by atoms with van der Waals surface area (Å²) in [7, 11) is 0. The Morgan fingerprint density at radius 1 is 1.53 bits per heavy atom. The molecular weight excluding hydrogens is 242 g/mol. The lowest BCUT2D eigenvalue weighted by atomic mass is 9.92. The topological polar surface area (TPSA) is 69.9 Å². The van der Waals surface area contributed by atoms with Crippen molar-refractivity contribution in [2.75, 3.05) is 0 Å². The van der Waals surface area contributed by atoms with Gasteiger partial charge in [-0.05, 0) is 13.0 Å². The highest BCUT2D eigenvalue weighted by Gasteiger charge is 2.41. The fourth-order valence-corrected chi connectivity index (χ4v) is 2.19. The van der Waals surface area contributed by atoms with E-state index in [4.69, 9.17) is 16.7 Å². The van der Waals surface area contributed by atoms with Crippen molar-refractivity contribution in [3.8, 4) is 0 Å². The Balaban J connectivity index is 2.47. The van der Waals surface area contributed by atoms with Gasteiger partial charge in [0.2, 0.25) is 0 Å². The molecule has 2 rings (SSSR count). The number of aliphatic imine (C=N–C) groups is 1. The van der Waals surface area contributed by atoms with Crippen molar-refractivity contribution in [2.45, 2.75) is 25.0 Å². The SMILES string of the molecule is C[C@]1(O)C[C@@H](C(=O)O)N=C1c1ccccc1Cl. The molecule has 1 aliphatic rings. The lowest BCUT2D eigenvalue weighted by molar-refractivity contribution is -0.139. The van der Waals surface area contributed by atoms with Crippen LogP contribution in [-0.2, 0) is 4.79 Å². The molecule has 2 N–H and O–H groups in total. The van der Waals surface area contributed by atoms with Crippen molar-refractivity contribution < 1.29 is 15.0 Å². The van der Waals surface area contributed by atoms with E-state index < -0.39 is 17.6 Å². The summed E-state index contributed by atoms with van der Waals surface area (Å²) < 4.78 is 0. The first-order chi connectivity index (χ1) is 7.92. The summed E-state index contributed by atoms with van der Waals surface area (Å²) >= 11 is 6.02. The number of aliphatic carboxylic acids is 1. The Hall–Kier alpha value is -1.39.